The van der Waals surface area contributed by atoms with Crippen molar-refractivity contribution in [2.24, 2.45) is 0 Å². The summed E-state index contributed by atoms with van der Waals surface area (Å²) in [6.45, 7) is 6.03. The van der Waals surface area contributed by atoms with Gasteiger partial charge in [0.15, 0.2) is 0 Å². The molecule has 15 heavy (non-hydrogen) atoms. The van der Waals surface area contributed by atoms with Gasteiger partial charge in [0, 0.05) is 10.5 Å². The molecule has 0 aromatic heterocycles. The molecule has 0 bridgehead atoms. The van der Waals surface area contributed by atoms with E-state index in [1.165, 1.54) is 15.6 Å². The Bertz CT molecular complexity index is 333. The number of rotatable bonds is 5. The van der Waals surface area contributed by atoms with Gasteiger partial charge >= 0.3 is 0 Å². The zero-order chi connectivity index (χ0) is 11.3. The molecule has 0 aliphatic heterocycles. The minimum absolute atomic E-state index is 0.473. The second-order valence-electron chi connectivity index (χ2n) is 3.94. The predicted octanol–water partition coefficient (Wildman–Crippen LogP) is 3.55. The highest BCUT2D eigenvalue weighted by atomic mass is 79.9. The average molecular weight is 268 g/mol. The Balaban J connectivity index is 2.66. The molecule has 1 aromatic carbocycles. The van der Waals surface area contributed by atoms with Crippen LogP contribution >= 0.6 is 15.9 Å². The first-order chi connectivity index (χ1) is 7.13. The van der Waals surface area contributed by atoms with Crippen LogP contribution in [0, 0.1) is 0 Å². The van der Waals surface area contributed by atoms with Crippen molar-refractivity contribution in [2.45, 2.75) is 25.8 Å². The van der Waals surface area contributed by atoms with Gasteiger partial charge in [-0.3, -0.25) is 0 Å². The molecule has 0 heterocycles. The summed E-state index contributed by atoms with van der Waals surface area (Å²) in [7, 11) is 2.00. The van der Waals surface area contributed by atoms with Crippen LogP contribution in [0.5, 0.6) is 0 Å². The molecule has 0 spiro atoms. The van der Waals surface area contributed by atoms with E-state index in [0.717, 1.165) is 12.8 Å². The van der Waals surface area contributed by atoms with Crippen molar-refractivity contribution in [3.05, 3.63) is 46.5 Å². The second kappa shape index (κ2) is 6.09. The molecule has 0 amide bonds. The van der Waals surface area contributed by atoms with Gasteiger partial charge in [-0.2, -0.15) is 0 Å². The zero-order valence-corrected chi connectivity index (χ0v) is 11.0. The van der Waals surface area contributed by atoms with Crippen LogP contribution in [0.2, 0.25) is 0 Å². The van der Waals surface area contributed by atoms with Crippen LogP contribution in [-0.2, 0) is 6.42 Å². The van der Waals surface area contributed by atoms with Gasteiger partial charge in [0.2, 0.25) is 0 Å². The van der Waals surface area contributed by atoms with Crippen LogP contribution < -0.4 is 5.32 Å². The summed E-state index contributed by atoms with van der Waals surface area (Å²) < 4.78 is 1.19. The highest BCUT2D eigenvalue weighted by Gasteiger charge is 2.08. The molecule has 0 aliphatic rings. The lowest BCUT2D eigenvalue weighted by Gasteiger charge is -2.16. The lowest BCUT2D eigenvalue weighted by molar-refractivity contribution is 0.554. The molecule has 0 fully saturated rings. The topological polar surface area (TPSA) is 12.0 Å². The Kier molecular flexibility index (Phi) is 5.06. The van der Waals surface area contributed by atoms with Crippen LogP contribution in [0.3, 0.4) is 0 Å². The van der Waals surface area contributed by atoms with E-state index in [0.29, 0.717) is 6.04 Å². The van der Waals surface area contributed by atoms with Gasteiger partial charge < -0.3 is 5.32 Å². The highest BCUT2D eigenvalue weighted by Crippen LogP contribution is 2.19. The van der Waals surface area contributed by atoms with Crippen molar-refractivity contribution in [1.82, 2.24) is 5.32 Å². The maximum atomic E-state index is 3.96. The molecule has 0 radical (unpaired) electrons. The summed E-state index contributed by atoms with van der Waals surface area (Å²) in [5, 5.41) is 3.33. The number of hydrogen-bond acceptors (Lipinski definition) is 1. The third kappa shape index (κ3) is 4.18. The van der Waals surface area contributed by atoms with E-state index >= 15 is 0 Å². The minimum Gasteiger partial charge on any atom is -0.316 e. The lowest BCUT2D eigenvalue weighted by atomic mass is 10.0. The molecular formula is C13H18BrN. The summed E-state index contributed by atoms with van der Waals surface area (Å²) >= 11 is 3.57. The number of hydrogen-bond donors (Lipinski definition) is 1. The van der Waals surface area contributed by atoms with Crippen LogP contribution in [0.15, 0.2) is 40.9 Å². The maximum absolute atomic E-state index is 3.96. The van der Waals surface area contributed by atoms with Crippen LogP contribution in [0.25, 0.3) is 0 Å². The van der Waals surface area contributed by atoms with E-state index < -0.39 is 0 Å². The normalized spacial score (nSPS) is 12.5. The van der Waals surface area contributed by atoms with Gasteiger partial charge in [-0.15, -0.1) is 6.58 Å². The lowest BCUT2D eigenvalue weighted by Crippen LogP contribution is -2.27. The molecule has 0 saturated heterocycles. The van der Waals surface area contributed by atoms with Crippen molar-refractivity contribution in [1.29, 1.82) is 0 Å². The summed E-state index contributed by atoms with van der Waals surface area (Å²) in [5.74, 6) is 0. The van der Waals surface area contributed by atoms with E-state index in [4.69, 9.17) is 0 Å². The van der Waals surface area contributed by atoms with Gasteiger partial charge in [-0.25, -0.2) is 0 Å². The summed E-state index contributed by atoms with van der Waals surface area (Å²) in [4.78, 5) is 0. The maximum Gasteiger partial charge on any atom is 0.0207 e. The van der Waals surface area contributed by atoms with Crippen molar-refractivity contribution in [3.63, 3.8) is 0 Å². The molecule has 82 valence electrons. The van der Waals surface area contributed by atoms with Gasteiger partial charge in [0.05, 0.1) is 0 Å². The Morgan fingerprint density at radius 2 is 2.13 bits per heavy atom. The number of nitrogens with one attached hydrogen (secondary N) is 1. The third-order valence-electron chi connectivity index (χ3n) is 2.43. The number of benzene rings is 1. The molecular weight excluding hydrogens is 250 g/mol. The fraction of sp³-hybridized carbons (Fsp3) is 0.385. The summed E-state index contributed by atoms with van der Waals surface area (Å²) in [6.07, 6.45) is 2.06. The van der Waals surface area contributed by atoms with Gasteiger partial charge in [-0.05, 0) is 38.4 Å². The number of likely N-dealkylation sites (N-methyl/N-ethyl adjacent to an activating group) is 1. The zero-order valence-electron chi connectivity index (χ0n) is 9.39. The molecule has 0 saturated carbocycles. The quantitative estimate of drug-likeness (QED) is 0.805. The molecule has 2 heteroatoms. The molecule has 1 N–H and O–H groups in total. The molecule has 1 unspecified atom stereocenters. The summed E-state index contributed by atoms with van der Waals surface area (Å²) in [5.41, 5.74) is 2.57. The highest BCUT2D eigenvalue weighted by molar-refractivity contribution is 9.10. The van der Waals surface area contributed by atoms with Crippen LogP contribution in [0.4, 0.5) is 0 Å². The first-order valence-electron chi connectivity index (χ1n) is 5.18. The minimum atomic E-state index is 0.473. The fourth-order valence-electron chi connectivity index (χ4n) is 1.63. The van der Waals surface area contributed by atoms with E-state index in [1.807, 2.05) is 13.1 Å². The summed E-state index contributed by atoms with van der Waals surface area (Å²) in [6, 6.07) is 8.84. The van der Waals surface area contributed by atoms with Crippen molar-refractivity contribution < 1.29 is 0 Å². The Hall–Kier alpha value is -0.600. The Morgan fingerprint density at radius 1 is 1.47 bits per heavy atom. The molecule has 1 atom stereocenters. The molecule has 0 aliphatic carbocycles. The molecule has 1 aromatic rings. The van der Waals surface area contributed by atoms with Crippen molar-refractivity contribution in [3.8, 4) is 0 Å². The SMILES string of the molecule is C=C(C)CC(Cc1ccccc1Br)NC. The first kappa shape index (κ1) is 12.5. The first-order valence-corrected chi connectivity index (χ1v) is 5.98. The van der Waals surface area contributed by atoms with Crippen LogP contribution in [0.1, 0.15) is 18.9 Å². The van der Waals surface area contributed by atoms with Crippen molar-refractivity contribution in [2.75, 3.05) is 7.05 Å². The second-order valence-corrected chi connectivity index (χ2v) is 4.80. The third-order valence-corrected chi connectivity index (χ3v) is 3.20. The fourth-order valence-corrected chi connectivity index (χ4v) is 2.07. The van der Waals surface area contributed by atoms with E-state index in [2.05, 4.69) is 52.9 Å². The van der Waals surface area contributed by atoms with Gasteiger partial charge in [0.25, 0.3) is 0 Å². The largest absolute Gasteiger partial charge is 0.316 e. The van der Waals surface area contributed by atoms with E-state index in [-0.39, 0.29) is 0 Å². The number of halogens is 1. The predicted molar refractivity (Wildman–Crippen MR) is 70.1 cm³/mol. The van der Waals surface area contributed by atoms with Crippen LogP contribution in [-0.4, -0.2) is 13.1 Å². The smallest absolute Gasteiger partial charge is 0.0207 e. The van der Waals surface area contributed by atoms with Crippen molar-refractivity contribution >= 4 is 15.9 Å². The van der Waals surface area contributed by atoms with Gasteiger partial charge in [0.1, 0.15) is 0 Å². The molecule has 1 rings (SSSR count). The van der Waals surface area contributed by atoms with E-state index in [1.54, 1.807) is 0 Å². The Morgan fingerprint density at radius 3 is 2.67 bits per heavy atom. The standard InChI is InChI=1S/C13H18BrN/c1-10(2)8-12(15-3)9-11-6-4-5-7-13(11)14/h4-7,12,15H,1,8-9H2,2-3H3. The average Bonchev–Trinajstić information content (AvgIpc) is 2.19. The van der Waals surface area contributed by atoms with E-state index in [9.17, 15) is 0 Å². The van der Waals surface area contributed by atoms with Gasteiger partial charge in [-0.1, -0.05) is 39.7 Å². The monoisotopic (exact) mass is 267 g/mol. The molecule has 1 nitrogen and oxygen atoms in total. The Labute approximate surface area is 101 Å².